The predicted molar refractivity (Wildman–Crippen MR) is 107 cm³/mol. The van der Waals surface area contributed by atoms with Gasteiger partial charge in [-0.25, -0.2) is 4.98 Å². The van der Waals surface area contributed by atoms with Crippen molar-refractivity contribution in [2.45, 2.75) is 13.8 Å². The van der Waals surface area contributed by atoms with Crippen LogP contribution in [-0.2, 0) is 0 Å². The average Bonchev–Trinajstić information content (AvgIpc) is 2.65. The Hall–Kier alpha value is -3.39. The number of rotatable bonds is 5. The van der Waals surface area contributed by atoms with Crippen LogP contribution in [0.3, 0.4) is 0 Å². The predicted octanol–water partition coefficient (Wildman–Crippen LogP) is 4.05. The van der Waals surface area contributed by atoms with Crippen LogP contribution in [-0.4, -0.2) is 31.5 Å². The maximum Gasteiger partial charge on any atom is 0.232 e. The van der Waals surface area contributed by atoms with Gasteiger partial charge in [0.1, 0.15) is 11.6 Å². The minimum Gasteiger partial charge on any atom is -0.468 e. The molecule has 0 aliphatic heterocycles. The van der Waals surface area contributed by atoms with Gasteiger partial charge in [-0.2, -0.15) is 5.26 Å². The standard InChI is InChI=1S/C22H21N3O2/c1-14-9-15(2)21-17(10-14)11-18(12-23)22(24-21)27-13-20(26)16-5-7-19(8-6-16)25(3)4/h5-11H,13H2,1-4H3. The van der Waals surface area contributed by atoms with E-state index in [1.54, 1.807) is 18.2 Å². The Morgan fingerprint density at radius 3 is 2.48 bits per heavy atom. The van der Waals surface area contributed by atoms with Crippen molar-refractivity contribution in [1.29, 1.82) is 5.26 Å². The highest BCUT2D eigenvalue weighted by atomic mass is 16.5. The third kappa shape index (κ3) is 3.90. The van der Waals surface area contributed by atoms with Gasteiger partial charge in [0.15, 0.2) is 12.4 Å². The Kier molecular flexibility index (Phi) is 5.09. The number of ether oxygens (including phenoxy) is 1. The van der Waals surface area contributed by atoms with Gasteiger partial charge in [0.25, 0.3) is 0 Å². The second-order valence-electron chi connectivity index (χ2n) is 6.76. The molecule has 0 radical (unpaired) electrons. The Labute approximate surface area is 158 Å². The first-order valence-corrected chi connectivity index (χ1v) is 8.64. The number of benzene rings is 2. The minimum absolute atomic E-state index is 0.160. The fourth-order valence-electron chi connectivity index (χ4n) is 2.99. The fourth-order valence-corrected chi connectivity index (χ4v) is 2.99. The van der Waals surface area contributed by atoms with Crippen molar-refractivity contribution >= 4 is 22.4 Å². The van der Waals surface area contributed by atoms with E-state index in [0.29, 0.717) is 11.1 Å². The zero-order valence-corrected chi connectivity index (χ0v) is 15.9. The lowest BCUT2D eigenvalue weighted by Gasteiger charge is -2.13. The van der Waals surface area contributed by atoms with Crippen LogP contribution in [0.25, 0.3) is 10.9 Å². The molecule has 0 atom stereocenters. The number of carbonyl (C=O) groups excluding carboxylic acids is 1. The molecule has 0 spiro atoms. The van der Waals surface area contributed by atoms with Gasteiger partial charge in [0.2, 0.25) is 5.88 Å². The lowest BCUT2D eigenvalue weighted by Crippen LogP contribution is -2.14. The monoisotopic (exact) mass is 359 g/mol. The van der Waals surface area contributed by atoms with Crippen LogP contribution in [0.4, 0.5) is 5.69 Å². The maximum atomic E-state index is 12.4. The summed E-state index contributed by atoms with van der Waals surface area (Å²) in [5.41, 5.74) is 4.79. The lowest BCUT2D eigenvalue weighted by atomic mass is 10.1. The molecule has 27 heavy (non-hydrogen) atoms. The van der Waals surface area contributed by atoms with Crippen molar-refractivity contribution in [2.24, 2.45) is 0 Å². The van der Waals surface area contributed by atoms with Gasteiger partial charge in [-0.15, -0.1) is 0 Å². The molecule has 0 saturated heterocycles. The molecule has 0 bridgehead atoms. The summed E-state index contributed by atoms with van der Waals surface area (Å²) in [6.45, 7) is 3.80. The number of nitriles is 1. The summed E-state index contributed by atoms with van der Waals surface area (Å²) in [5, 5.41) is 10.3. The van der Waals surface area contributed by atoms with Crippen molar-refractivity contribution in [2.75, 3.05) is 25.6 Å². The molecule has 5 heteroatoms. The summed E-state index contributed by atoms with van der Waals surface area (Å²) in [6.07, 6.45) is 0. The van der Waals surface area contributed by atoms with Crippen LogP contribution in [0.5, 0.6) is 5.88 Å². The first-order chi connectivity index (χ1) is 12.9. The molecule has 1 aromatic heterocycles. The van der Waals surface area contributed by atoms with E-state index in [-0.39, 0.29) is 18.3 Å². The molecule has 3 rings (SSSR count). The number of ketones is 1. The van der Waals surface area contributed by atoms with Gasteiger partial charge < -0.3 is 9.64 Å². The Balaban J connectivity index is 1.83. The molecule has 0 aliphatic carbocycles. The van der Waals surface area contributed by atoms with E-state index in [2.05, 4.69) is 11.1 Å². The van der Waals surface area contributed by atoms with E-state index in [4.69, 9.17) is 4.74 Å². The third-order valence-corrected chi connectivity index (χ3v) is 4.38. The molecular weight excluding hydrogens is 338 g/mol. The lowest BCUT2D eigenvalue weighted by molar-refractivity contribution is 0.0918. The van der Waals surface area contributed by atoms with Crippen LogP contribution >= 0.6 is 0 Å². The van der Waals surface area contributed by atoms with Crippen molar-refractivity contribution in [1.82, 2.24) is 4.98 Å². The van der Waals surface area contributed by atoms with Crippen molar-refractivity contribution < 1.29 is 9.53 Å². The van der Waals surface area contributed by atoms with Crippen LogP contribution < -0.4 is 9.64 Å². The average molecular weight is 359 g/mol. The molecule has 1 heterocycles. The number of aromatic nitrogens is 1. The van der Waals surface area contributed by atoms with Crippen molar-refractivity contribution in [3.05, 3.63) is 64.7 Å². The highest BCUT2D eigenvalue weighted by Gasteiger charge is 2.13. The van der Waals surface area contributed by atoms with Crippen LogP contribution in [0.15, 0.2) is 42.5 Å². The third-order valence-electron chi connectivity index (χ3n) is 4.38. The molecule has 0 aliphatic rings. The molecule has 0 amide bonds. The van der Waals surface area contributed by atoms with Gasteiger partial charge in [0.05, 0.1) is 5.52 Å². The van der Waals surface area contributed by atoms with Crippen molar-refractivity contribution in [3.8, 4) is 11.9 Å². The van der Waals surface area contributed by atoms with Gasteiger partial charge in [-0.1, -0.05) is 11.6 Å². The number of nitrogens with zero attached hydrogens (tertiary/aromatic N) is 3. The highest BCUT2D eigenvalue weighted by molar-refractivity contribution is 5.97. The molecule has 0 saturated carbocycles. The van der Waals surface area contributed by atoms with Crippen molar-refractivity contribution in [3.63, 3.8) is 0 Å². The van der Waals surface area contributed by atoms with E-state index in [1.807, 2.05) is 57.1 Å². The Morgan fingerprint density at radius 1 is 1.15 bits per heavy atom. The van der Waals surface area contributed by atoms with Crippen LogP contribution in [0.1, 0.15) is 27.0 Å². The van der Waals surface area contributed by atoms with Gasteiger partial charge in [-0.05, 0) is 55.8 Å². The summed E-state index contributed by atoms with van der Waals surface area (Å²) >= 11 is 0. The highest BCUT2D eigenvalue weighted by Crippen LogP contribution is 2.25. The van der Waals surface area contributed by atoms with E-state index in [9.17, 15) is 10.1 Å². The zero-order chi connectivity index (χ0) is 19.6. The topological polar surface area (TPSA) is 66.2 Å². The smallest absolute Gasteiger partial charge is 0.232 e. The molecule has 136 valence electrons. The Bertz CT molecular complexity index is 1050. The van der Waals surface area contributed by atoms with E-state index in [0.717, 1.165) is 27.7 Å². The number of pyridine rings is 1. The maximum absolute atomic E-state index is 12.4. The molecule has 0 N–H and O–H groups in total. The van der Waals surface area contributed by atoms with Gasteiger partial charge in [0, 0.05) is 30.7 Å². The fraction of sp³-hybridized carbons (Fsp3) is 0.227. The number of aryl methyl sites for hydroxylation is 2. The number of Topliss-reactive ketones (excluding diaryl/α,β-unsaturated/α-hetero) is 1. The molecule has 2 aromatic carbocycles. The van der Waals surface area contributed by atoms with E-state index >= 15 is 0 Å². The molecular formula is C22H21N3O2. The largest absolute Gasteiger partial charge is 0.468 e. The number of hydrogen-bond acceptors (Lipinski definition) is 5. The molecule has 0 unspecified atom stereocenters. The summed E-state index contributed by atoms with van der Waals surface area (Å²) in [7, 11) is 3.89. The first kappa shape index (κ1) is 18.4. The van der Waals surface area contributed by atoms with E-state index in [1.165, 1.54) is 0 Å². The minimum atomic E-state index is -0.167. The Morgan fingerprint density at radius 2 is 1.85 bits per heavy atom. The second-order valence-corrected chi connectivity index (χ2v) is 6.76. The second kappa shape index (κ2) is 7.46. The number of fused-ring (bicyclic) bond motifs is 1. The van der Waals surface area contributed by atoms with Crippen LogP contribution in [0, 0.1) is 25.2 Å². The number of hydrogen-bond donors (Lipinski definition) is 0. The normalized spacial score (nSPS) is 10.5. The molecule has 5 nitrogen and oxygen atoms in total. The summed E-state index contributed by atoms with van der Waals surface area (Å²) in [6, 6.07) is 15.2. The number of carbonyl (C=O) groups is 1. The molecule has 3 aromatic rings. The SMILES string of the molecule is Cc1cc(C)c2nc(OCC(=O)c3ccc(N(C)C)cc3)c(C#N)cc2c1. The zero-order valence-electron chi connectivity index (χ0n) is 15.9. The number of anilines is 1. The summed E-state index contributed by atoms with van der Waals surface area (Å²) < 4.78 is 5.62. The summed E-state index contributed by atoms with van der Waals surface area (Å²) in [5.74, 6) is 0.0296. The van der Waals surface area contributed by atoms with E-state index < -0.39 is 0 Å². The van der Waals surface area contributed by atoms with Gasteiger partial charge >= 0.3 is 0 Å². The molecule has 0 fully saturated rings. The first-order valence-electron chi connectivity index (χ1n) is 8.64. The summed E-state index contributed by atoms with van der Waals surface area (Å²) in [4.78, 5) is 18.9. The quantitative estimate of drug-likeness (QED) is 0.643. The van der Waals surface area contributed by atoms with Crippen LogP contribution in [0.2, 0.25) is 0 Å². The van der Waals surface area contributed by atoms with Gasteiger partial charge in [-0.3, -0.25) is 4.79 Å².